The van der Waals surface area contributed by atoms with Crippen molar-refractivity contribution >= 4 is 11.9 Å². The van der Waals surface area contributed by atoms with Crippen LogP contribution in [0, 0.1) is 0 Å². The van der Waals surface area contributed by atoms with Gasteiger partial charge in [0.2, 0.25) is 0 Å². The van der Waals surface area contributed by atoms with Crippen LogP contribution in [0.1, 0.15) is 201 Å². The van der Waals surface area contributed by atoms with Crippen molar-refractivity contribution in [3.05, 3.63) is 48.6 Å². The highest BCUT2D eigenvalue weighted by molar-refractivity contribution is 5.70. The van der Waals surface area contributed by atoms with Crippen molar-refractivity contribution in [3.63, 3.8) is 0 Å². The van der Waals surface area contributed by atoms with E-state index in [0.717, 1.165) is 70.6 Å². The Morgan fingerprint density at radius 3 is 1.44 bits per heavy atom. The molecule has 1 atom stereocenters. The number of unbranched alkanes of at least 4 members (excludes halogenated alkanes) is 19. The fourth-order valence-corrected chi connectivity index (χ4v) is 5.73. The zero-order valence-corrected chi connectivity index (χ0v) is 33.2. The van der Waals surface area contributed by atoms with Gasteiger partial charge in [0, 0.05) is 19.4 Å². The lowest BCUT2D eigenvalue weighted by atomic mass is 10.1. The molecule has 0 heterocycles. The number of ether oxygens (including phenoxy) is 3. The van der Waals surface area contributed by atoms with Crippen molar-refractivity contribution in [1.82, 2.24) is 0 Å². The van der Waals surface area contributed by atoms with Gasteiger partial charge in [0.25, 0.3) is 0 Å². The highest BCUT2D eigenvalue weighted by Gasteiger charge is 2.17. The molecule has 0 saturated carbocycles. The van der Waals surface area contributed by atoms with E-state index in [1.165, 1.54) is 96.3 Å². The van der Waals surface area contributed by atoms with E-state index in [1.54, 1.807) is 0 Å². The molecule has 5 heteroatoms. The summed E-state index contributed by atoms with van der Waals surface area (Å²) >= 11 is 0. The van der Waals surface area contributed by atoms with Crippen molar-refractivity contribution in [1.29, 1.82) is 0 Å². The third-order valence-electron chi connectivity index (χ3n) is 8.88. The first kappa shape index (κ1) is 47.9. The Labute approximate surface area is 310 Å². The second-order valence-electron chi connectivity index (χ2n) is 13.9. The monoisotopic (exact) mass is 701 g/mol. The summed E-state index contributed by atoms with van der Waals surface area (Å²) in [5.41, 5.74) is 0. The van der Waals surface area contributed by atoms with Crippen molar-refractivity contribution in [2.45, 2.75) is 207 Å². The zero-order chi connectivity index (χ0) is 36.4. The molecule has 0 N–H and O–H groups in total. The van der Waals surface area contributed by atoms with Crippen LogP contribution in [0.5, 0.6) is 0 Å². The molecule has 0 aromatic carbocycles. The first-order valence-electron chi connectivity index (χ1n) is 21.2. The third kappa shape index (κ3) is 38.7. The summed E-state index contributed by atoms with van der Waals surface area (Å²) < 4.78 is 17.1. The number of carbonyl (C=O) groups excluding carboxylic acids is 2. The normalized spacial score (nSPS) is 12.6. The average Bonchev–Trinajstić information content (AvgIpc) is 3.11. The van der Waals surface area contributed by atoms with Gasteiger partial charge in [-0.05, 0) is 57.8 Å². The fourth-order valence-electron chi connectivity index (χ4n) is 5.73. The summed E-state index contributed by atoms with van der Waals surface area (Å²) in [6.07, 6.45) is 48.5. The molecule has 0 amide bonds. The van der Waals surface area contributed by atoms with Crippen molar-refractivity contribution in [3.8, 4) is 0 Å². The Kier molecular flexibility index (Phi) is 39.5. The van der Waals surface area contributed by atoms with Gasteiger partial charge < -0.3 is 14.2 Å². The first-order chi connectivity index (χ1) is 24.6. The minimum Gasteiger partial charge on any atom is -0.462 e. The molecule has 0 aliphatic carbocycles. The Morgan fingerprint density at radius 1 is 0.460 bits per heavy atom. The summed E-state index contributed by atoms with van der Waals surface area (Å²) in [7, 11) is 0. The van der Waals surface area contributed by atoms with Crippen LogP contribution in [0.2, 0.25) is 0 Å². The first-order valence-corrected chi connectivity index (χ1v) is 21.2. The van der Waals surface area contributed by atoms with Gasteiger partial charge in [-0.25, -0.2) is 0 Å². The topological polar surface area (TPSA) is 61.8 Å². The minimum atomic E-state index is -0.532. The molecule has 0 rings (SSSR count). The van der Waals surface area contributed by atoms with E-state index in [0.29, 0.717) is 19.4 Å². The maximum atomic E-state index is 12.5. The molecule has 50 heavy (non-hydrogen) atoms. The van der Waals surface area contributed by atoms with E-state index < -0.39 is 6.10 Å². The Balaban J connectivity index is 4.04. The van der Waals surface area contributed by atoms with Crippen molar-refractivity contribution in [2.75, 3.05) is 19.8 Å². The molecule has 290 valence electrons. The molecular formula is C45H80O5. The highest BCUT2D eigenvalue weighted by atomic mass is 16.6. The van der Waals surface area contributed by atoms with E-state index in [4.69, 9.17) is 14.2 Å². The molecule has 0 radical (unpaired) electrons. The molecule has 0 saturated heterocycles. The lowest BCUT2D eigenvalue weighted by Crippen LogP contribution is -2.30. The standard InChI is InChI=1S/C45H80O5/c1-4-7-10-13-15-17-18-19-20-21-22-23-24-25-26-27-29-31-34-37-40-48-41-43(50-45(47)39-36-32-12-9-6-3)42-49-44(46)38-35-33-30-28-16-14-11-8-5-2/h7,10,15,17,19-20,22-23,43H,4-6,8-9,11-14,16,18,21,24-42H2,1-3H3/b10-7-,17-15-,20-19-,23-22-. The number of allylic oxidation sites excluding steroid dienone is 8. The molecule has 0 bridgehead atoms. The Morgan fingerprint density at radius 2 is 0.900 bits per heavy atom. The largest absolute Gasteiger partial charge is 0.462 e. The molecule has 0 spiro atoms. The number of hydrogen-bond donors (Lipinski definition) is 0. The molecular weight excluding hydrogens is 620 g/mol. The average molecular weight is 701 g/mol. The molecule has 0 aliphatic rings. The predicted octanol–water partition coefficient (Wildman–Crippen LogP) is 13.7. The van der Waals surface area contributed by atoms with Crippen LogP contribution in [0.15, 0.2) is 48.6 Å². The molecule has 0 aromatic rings. The van der Waals surface area contributed by atoms with Crippen LogP contribution >= 0.6 is 0 Å². The van der Waals surface area contributed by atoms with Gasteiger partial charge in [-0.3, -0.25) is 9.59 Å². The van der Waals surface area contributed by atoms with Crippen LogP contribution in [-0.4, -0.2) is 37.9 Å². The van der Waals surface area contributed by atoms with E-state index in [9.17, 15) is 9.59 Å². The van der Waals surface area contributed by atoms with Crippen LogP contribution in [-0.2, 0) is 23.8 Å². The predicted molar refractivity (Wildman–Crippen MR) is 215 cm³/mol. The number of carbonyl (C=O) groups is 2. The Hall–Kier alpha value is -2.14. The lowest BCUT2D eigenvalue weighted by molar-refractivity contribution is -0.163. The van der Waals surface area contributed by atoms with E-state index in [1.807, 2.05) is 0 Å². The third-order valence-corrected chi connectivity index (χ3v) is 8.88. The maximum Gasteiger partial charge on any atom is 0.306 e. The summed E-state index contributed by atoms with van der Waals surface area (Å²) in [4.78, 5) is 24.9. The van der Waals surface area contributed by atoms with Crippen LogP contribution in [0.4, 0.5) is 0 Å². The van der Waals surface area contributed by atoms with Gasteiger partial charge in [0.15, 0.2) is 6.10 Å². The summed E-state index contributed by atoms with van der Waals surface area (Å²) in [5, 5.41) is 0. The van der Waals surface area contributed by atoms with E-state index in [-0.39, 0.29) is 25.2 Å². The van der Waals surface area contributed by atoms with Gasteiger partial charge in [0.1, 0.15) is 6.61 Å². The van der Waals surface area contributed by atoms with Gasteiger partial charge in [-0.2, -0.15) is 0 Å². The van der Waals surface area contributed by atoms with Crippen LogP contribution < -0.4 is 0 Å². The van der Waals surface area contributed by atoms with Crippen molar-refractivity contribution in [2.24, 2.45) is 0 Å². The van der Waals surface area contributed by atoms with Gasteiger partial charge in [-0.1, -0.05) is 179 Å². The SMILES string of the molecule is CC/C=C\C/C=C\C/C=C\C/C=C\CCCCCCCCCOCC(COC(=O)CCCCCCCCCCC)OC(=O)CCCCCCC. The number of esters is 2. The molecule has 0 aliphatic heterocycles. The number of hydrogen-bond acceptors (Lipinski definition) is 5. The number of rotatable bonds is 38. The smallest absolute Gasteiger partial charge is 0.306 e. The minimum absolute atomic E-state index is 0.0821. The van der Waals surface area contributed by atoms with Crippen LogP contribution in [0.25, 0.3) is 0 Å². The van der Waals surface area contributed by atoms with Gasteiger partial charge in [0.05, 0.1) is 6.61 Å². The van der Waals surface area contributed by atoms with E-state index in [2.05, 4.69) is 69.4 Å². The summed E-state index contributed by atoms with van der Waals surface area (Å²) in [6.45, 7) is 7.60. The summed E-state index contributed by atoms with van der Waals surface area (Å²) in [6, 6.07) is 0. The van der Waals surface area contributed by atoms with Gasteiger partial charge >= 0.3 is 11.9 Å². The highest BCUT2D eigenvalue weighted by Crippen LogP contribution is 2.13. The molecule has 1 unspecified atom stereocenters. The Bertz CT molecular complexity index is 842. The van der Waals surface area contributed by atoms with Crippen LogP contribution in [0.3, 0.4) is 0 Å². The summed E-state index contributed by atoms with van der Waals surface area (Å²) in [5.74, 6) is -0.418. The quantitative estimate of drug-likeness (QED) is 0.0364. The second kappa shape index (κ2) is 41.3. The maximum absolute atomic E-state index is 12.5. The molecule has 5 nitrogen and oxygen atoms in total. The zero-order valence-electron chi connectivity index (χ0n) is 33.2. The van der Waals surface area contributed by atoms with Crippen molar-refractivity contribution < 1.29 is 23.8 Å². The van der Waals surface area contributed by atoms with E-state index >= 15 is 0 Å². The molecule has 0 aromatic heterocycles. The fraction of sp³-hybridized carbons (Fsp3) is 0.778. The molecule has 0 fully saturated rings. The second-order valence-corrected chi connectivity index (χ2v) is 13.9. The lowest BCUT2D eigenvalue weighted by Gasteiger charge is -2.18. The van der Waals surface area contributed by atoms with Gasteiger partial charge in [-0.15, -0.1) is 0 Å².